The van der Waals surface area contributed by atoms with Crippen molar-refractivity contribution in [3.05, 3.63) is 52.5 Å². The fourth-order valence-electron chi connectivity index (χ4n) is 1.64. The van der Waals surface area contributed by atoms with Crippen LogP contribution in [-0.4, -0.2) is 7.11 Å². The zero-order chi connectivity index (χ0) is 14.5. The average molecular weight is 285 g/mol. The van der Waals surface area contributed by atoms with Crippen LogP contribution in [0.2, 0.25) is 5.02 Å². The third-order valence-electron chi connectivity index (χ3n) is 2.52. The van der Waals surface area contributed by atoms with Crippen molar-refractivity contribution in [2.24, 2.45) is 0 Å². The third-order valence-corrected chi connectivity index (χ3v) is 2.75. The van der Waals surface area contributed by atoms with E-state index in [1.165, 1.54) is 13.2 Å². The van der Waals surface area contributed by atoms with Gasteiger partial charge in [0.15, 0.2) is 11.5 Å². The van der Waals surface area contributed by atoms with Crippen LogP contribution < -0.4 is 9.47 Å². The van der Waals surface area contributed by atoms with Crippen molar-refractivity contribution in [2.45, 2.75) is 0 Å². The first kappa shape index (κ1) is 13.7. The van der Waals surface area contributed by atoms with Crippen LogP contribution in [0.15, 0.2) is 36.4 Å². The van der Waals surface area contributed by atoms with Gasteiger partial charge in [0.1, 0.15) is 5.75 Å². The first-order valence-electron chi connectivity index (χ1n) is 5.63. The molecule has 0 aliphatic heterocycles. The molecule has 0 aromatic heterocycles. The minimum absolute atomic E-state index is 0.347. The molecule has 0 bridgehead atoms. The number of ether oxygens (including phenoxy) is 2. The van der Waals surface area contributed by atoms with Gasteiger partial charge in [0.2, 0.25) is 0 Å². The first-order valence-corrected chi connectivity index (χ1v) is 6.00. The molecule has 2 rings (SSSR count). The number of nitrogens with zero attached hydrogens (tertiary/aromatic N) is 2. The minimum Gasteiger partial charge on any atom is -0.493 e. The quantitative estimate of drug-likeness (QED) is 0.858. The second-order valence-corrected chi connectivity index (χ2v) is 4.30. The zero-order valence-electron chi connectivity index (χ0n) is 10.6. The molecule has 0 saturated carbocycles. The second kappa shape index (κ2) is 5.97. The molecule has 4 nitrogen and oxygen atoms in total. The highest BCUT2D eigenvalue weighted by atomic mass is 35.5. The molecule has 0 aliphatic rings. The van der Waals surface area contributed by atoms with Gasteiger partial charge in [-0.05, 0) is 30.3 Å². The number of nitriles is 2. The fourth-order valence-corrected chi connectivity index (χ4v) is 1.81. The van der Waals surface area contributed by atoms with Gasteiger partial charge >= 0.3 is 0 Å². The Bertz CT molecular complexity index is 697. The maximum atomic E-state index is 8.93. The number of benzene rings is 2. The molecule has 0 spiro atoms. The average Bonchev–Trinajstić information content (AvgIpc) is 2.47. The van der Waals surface area contributed by atoms with Crippen LogP contribution in [0.1, 0.15) is 11.1 Å². The van der Waals surface area contributed by atoms with Crippen molar-refractivity contribution < 1.29 is 9.47 Å². The molecule has 0 N–H and O–H groups in total. The van der Waals surface area contributed by atoms with Gasteiger partial charge in [-0.3, -0.25) is 0 Å². The summed E-state index contributed by atoms with van der Waals surface area (Å²) in [4.78, 5) is 0. The Morgan fingerprint density at radius 3 is 2.15 bits per heavy atom. The first-order chi connectivity index (χ1) is 9.66. The molecular formula is C15H9ClN2O2. The van der Waals surface area contributed by atoms with Gasteiger partial charge in [-0.15, -0.1) is 0 Å². The number of methoxy groups -OCH3 is 1. The van der Waals surface area contributed by atoms with Gasteiger partial charge in [0.05, 0.1) is 30.4 Å². The Balaban J connectivity index is 2.42. The van der Waals surface area contributed by atoms with Crippen molar-refractivity contribution in [3.63, 3.8) is 0 Å². The van der Waals surface area contributed by atoms with Crippen molar-refractivity contribution in [3.8, 4) is 29.4 Å². The van der Waals surface area contributed by atoms with E-state index in [0.29, 0.717) is 33.4 Å². The van der Waals surface area contributed by atoms with Gasteiger partial charge in [-0.25, -0.2) is 0 Å². The normalized spacial score (nSPS) is 9.40. The van der Waals surface area contributed by atoms with E-state index in [4.69, 9.17) is 31.6 Å². The highest BCUT2D eigenvalue weighted by molar-refractivity contribution is 6.30. The topological polar surface area (TPSA) is 66.0 Å². The van der Waals surface area contributed by atoms with Crippen molar-refractivity contribution in [1.82, 2.24) is 0 Å². The van der Waals surface area contributed by atoms with Crippen LogP contribution >= 0.6 is 11.6 Å². The summed E-state index contributed by atoms with van der Waals surface area (Å²) in [5.41, 5.74) is 0.695. The monoisotopic (exact) mass is 284 g/mol. The van der Waals surface area contributed by atoms with Crippen LogP contribution in [-0.2, 0) is 0 Å². The summed E-state index contributed by atoms with van der Waals surface area (Å²) in [7, 11) is 1.52. The molecule has 0 fully saturated rings. The minimum atomic E-state index is 0.347. The second-order valence-electron chi connectivity index (χ2n) is 3.87. The molecule has 2 aromatic rings. The van der Waals surface area contributed by atoms with Crippen LogP contribution in [0.5, 0.6) is 17.2 Å². The molecule has 0 amide bonds. The largest absolute Gasteiger partial charge is 0.493 e. The number of halogens is 1. The lowest BCUT2D eigenvalue weighted by Crippen LogP contribution is -1.91. The molecule has 5 heteroatoms. The number of hydrogen-bond donors (Lipinski definition) is 0. The summed E-state index contributed by atoms with van der Waals surface area (Å²) in [6, 6.07) is 13.5. The molecule has 20 heavy (non-hydrogen) atoms. The summed E-state index contributed by atoms with van der Waals surface area (Å²) in [5, 5.41) is 18.4. The Morgan fingerprint density at radius 1 is 0.950 bits per heavy atom. The predicted octanol–water partition coefficient (Wildman–Crippen LogP) is 3.88. The fraction of sp³-hybridized carbons (Fsp3) is 0.0667. The summed E-state index contributed by atoms with van der Waals surface area (Å²) in [6.07, 6.45) is 0. The Hall–Kier alpha value is -2.69. The van der Waals surface area contributed by atoms with Crippen molar-refractivity contribution in [2.75, 3.05) is 7.11 Å². The molecule has 0 aliphatic carbocycles. The van der Waals surface area contributed by atoms with Gasteiger partial charge in [-0.1, -0.05) is 11.6 Å². The number of rotatable bonds is 3. The molecule has 0 unspecified atom stereocenters. The summed E-state index contributed by atoms with van der Waals surface area (Å²) < 4.78 is 10.8. The van der Waals surface area contributed by atoms with Crippen LogP contribution in [0.3, 0.4) is 0 Å². The summed E-state index contributed by atoms with van der Waals surface area (Å²) >= 11 is 5.92. The number of hydrogen-bond acceptors (Lipinski definition) is 4. The lowest BCUT2D eigenvalue weighted by molar-refractivity contribution is 0.379. The van der Waals surface area contributed by atoms with Crippen molar-refractivity contribution >= 4 is 11.6 Å². The molecule has 0 heterocycles. The van der Waals surface area contributed by atoms with E-state index in [2.05, 4.69) is 0 Å². The Kier molecular flexibility index (Phi) is 4.10. The van der Waals surface area contributed by atoms with E-state index in [0.717, 1.165) is 0 Å². The highest BCUT2D eigenvalue weighted by Gasteiger charge is 2.08. The Labute approximate surface area is 121 Å². The van der Waals surface area contributed by atoms with Crippen molar-refractivity contribution in [1.29, 1.82) is 10.5 Å². The van der Waals surface area contributed by atoms with E-state index in [1.807, 2.05) is 12.1 Å². The third kappa shape index (κ3) is 3.00. The van der Waals surface area contributed by atoms with E-state index >= 15 is 0 Å². The predicted molar refractivity (Wildman–Crippen MR) is 74.0 cm³/mol. The van der Waals surface area contributed by atoms with Crippen LogP contribution in [0.4, 0.5) is 0 Å². The molecule has 0 atom stereocenters. The maximum Gasteiger partial charge on any atom is 0.170 e. The standard InChI is InChI=1S/C15H9ClN2O2/c1-19-14-3-2-12(16)7-15(14)20-13-5-10(8-17)4-11(6-13)9-18/h2-7H,1H3. The highest BCUT2D eigenvalue weighted by Crippen LogP contribution is 2.34. The lowest BCUT2D eigenvalue weighted by atomic mass is 10.1. The van der Waals surface area contributed by atoms with E-state index in [1.54, 1.807) is 30.3 Å². The van der Waals surface area contributed by atoms with Gasteiger partial charge < -0.3 is 9.47 Å². The van der Waals surface area contributed by atoms with Crippen LogP contribution in [0.25, 0.3) is 0 Å². The van der Waals surface area contributed by atoms with E-state index < -0.39 is 0 Å². The summed E-state index contributed by atoms with van der Waals surface area (Å²) in [6.45, 7) is 0. The van der Waals surface area contributed by atoms with E-state index in [-0.39, 0.29) is 0 Å². The van der Waals surface area contributed by atoms with E-state index in [9.17, 15) is 0 Å². The zero-order valence-corrected chi connectivity index (χ0v) is 11.3. The molecule has 98 valence electrons. The lowest BCUT2D eigenvalue weighted by Gasteiger charge is -2.11. The van der Waals surface area contributed by atoms with Gasteiger partial charge in [0.25, 0.3) is 0 Å². The summed E-state index contributed by atoms with van der Waals surface area (Å²) in [5.74, 6) is 1.30. The Morgan fingerprint density at radius 2 is 1.60 bits per heavy atom. The van der Waals surface area contributed by atoms with Gasteiger partial charge in [-0.2, -0.15) is 10.5 Å². The maximum absolute atomic E-state index is 8.93. The smallest absolute Gasteiger partial charge is 0.170 e. The molecule has 2 aromatic carbocycles. The van der Waals surface area contributed by atoms with Gasteiger partial charge in [0, 0.05) is 11.1 Å². The molecule has 0 radical (unpaired) electrons. The molecular weight excluding hydrogens is 276 g/mol. The SMILES string of the molecule is COc1ccc(Cl)cc1Oc1cc(C#N)cc(C#N)c1. The van der Waals surface area contributed by atoms with Crippen LogP contribution in [0, 0.1) is 22.7 Å². The molecule has 0 saturated heterocycles.